The van der Waals surface area contributed by atoms with E-state index in [9.17, 15) is 19.3 Å². The molecular weight excluding hydrogens is 353 g/mol. The molecule has 3 rings (SSSR count). The zero-order valence-electron chi connectivity index (χ0n) is 14.9. The van der Waals surface area contributed by atoms with Crippen molar-refractivity contribution in [2.24, 2.45) is 5.92 Å². The normalized spacial score (nSPS) is 14.7. The standard InChI is InChI=1S/C19H20FN3O4/c1-27-18-12-14(20)6-7-15(18)21-19(24)13-8-10-22(11-9-13)16-4-2-3-5-17(16)23(25)26/h2-7,12-13H,8-11H2,1H3,(H,21,24). The Labute approximate surface area is 155 Å². The maximum Gasteiger partial charge on any atom is 0.292 e. The third kappa shape index (κ3) is 4.16. The van der Waals surface area contributed by atoms with Gasteiger partial charge in [0.2, 0.25) is 5.91 Å². The summed E-state index contributed by atoms with van der Waals surface area (Å²) in [5.41, 5.74) is 1.06. The number of anilines is 2. The molecule has 7 nitrogen and oxygen atoms in total. The third-order valence-electron chi connectivity index (χ3n) is 4.71. The predicted octanol–water partition coefficient (Wildman–Crippen LogP) is 3.60. The molecular formula is C19H20FN3O4. The average Bonchev–Trinajstić information content (AvgIpc) is 2.69. The maximum absolute atomic E-state index is 13.3. The van der Waals surface area contributed by atoms with Crippen molar-refractivity contribution in [2.45, 2.75) is 12.8 Å². The minimum absolute atomic E-state index is 0.0662. The largest absolute Gasteiger partial charge is 0.494 e. The van der Waals surface area contributed by atoms with Crippen LogP contribution in [0, 0.1) is 21.8 Å². The molecule has 0 spiro atoms. The van der Waals surface area contributed by atoms with Crippen LogP contribution in [0.15, 0.2) is 42.5 Å². The van der Waals surface area contributed by atoms with Crippen molar-refractivity contribution in [3.05, 3.63) is 58.4 Å². The van der Waals surface area contributed by atoms with Crippen LogP contribution < -0.4 is 15.0 Å². The fourth-order valence-electron chi connectivity index (χ4n) is 3.27. The van der Waals surface area contributed by atoms with Crippen molar-refractivity contribution >= 4 is 23.0 Å². The summed E-state index contributed by atoms with van der Waals surface area (Å²) in [5.74, 6) is -0.566. The summed E-state index contributed by atoms with van der Waals surface area (Å²) in [6, 6.07) is 10.5. The van der Waals surface area contributed by atoms with Gasteiger partial charge >= 0.3 is 0 Å². The molecule has 1 amide bonds. The van der Waals surface area contributed by atoms with E-state index in [1.54, 1.807) is 18.2 Å². The van der Waals surface area contributed by atoms with E-state index < -0.39 is 10.7 Å². The number of piperidine rings is 1. The van der Waals surface area contributed by atoms with Gasteiger partial charge in [0.25, 0.3) is 5.69 Å². The summed E-state index contributed by atoms with van der Waals surface area (Å²) < 4.78 is 18.4. The van der Waals surface area contributed by atoms with Crippen LogP contribution >= 0.6 is 0 Å². The number of halogens is 1. The van der Waals surface area contributed by atoms with Gasteiger partial charge in [-0.2, -0.15) is 0 Å². The highest BCUT2D eigenvalue weighted by Crippen LogP contribution is 2.32. The van der Waals surface area contributed by atoms with Crippen molar-refractivity contribution in [1.82, 2.24) is 0 Å². The summed E-state index contributed by atoms with van der Waals surface area (Å²) >= 11 is 0. The van der Waals surface area contributed by atoms with Crippen LogP contribution in [0.2, 0.25) is 0 Å². The molecule has 0 saturated carbocycles. The van der Waals surface area contributed by atoms with E-state index in [-0.39, 0.29) is 23.3 Å². The second-order valence-corrected chi connectivity index (χ2v) is 6.34. The first-order valence-electron chi connectivity index (χ1n) is 8.62. The first kappa shape index (κ1) is 18.6. The monoisotopic (exact) mass is 373 g/mol. The van der Waals surface area contributed by atoms with Gasteiger partial charge in [-0.1, -0.05) is 12.1 Å². The molecule has 0 aromatic heterocycles. The maximum atomic E-state index is 13.3. The van der Waals surface area contributed by atoms with E-state index in [0.29, 0.717) is 37.3 Å². The van der Waals surface area contributed by atoms with Gasteiger partial charge in [0.1, 0.15) is 17.3 Å². The van der Waals surface area contributed by atoms with Crippen molar-refractivity contribution in [2.75, 3.05) is 30.4 Å². The summed E-state index contributed by atoms with van der Waals surface area (Å²) in [6.07, 6.45) is 1.14. The Hall–Kier alpha value is -3.16. The molecule has 1 fully saturated rings. The molecule has 0 bridgehead atoms. The molecule has 0 radical (unpaired) electrons. The molecule has 27 heavy (non-hydrogen) atoms. The number of nitro benzene ring substituents is 1. The van der Waals surface area contributed by atoms with Crippen LogP contribution in [-0.2, 0) is 4.79 Å². The molecule has 1 aliphatic heterocycles. The van der Waals surface area contributed by atoms with Crippen LogP contribution in [-0.4, -0.2) is 31.0 Å². The average molecular weight is 373 g/mol. The quantitative estimate of drug-likeness (QED) is 0.639. The molecule has 1 saturated heterocycles. The minimum Gasteiger partial charge on any atom is -0.494 e. The van der Waals surface area contributed by atoms with E-state index in [4.69, 9.17) is 4.74 Å². The summed E-state index contributed by atoms with van der Waals surface area (Å²) in [6.45, 7) is 1.09. The first-order valence-corrected chi connectivity index (χ1v) is 8.62. The lowest BCUT2D eigenvalue weighted by Gasteiger charge is -2.32. The zero-order chi connectivity index (χ0) is 19.4. The number of benzene rings is 2. The number of para-hydroxylation sites is 2. The highest BCUT2D eigenvalue weighted by Gasteiger charge is 2.28. The van der Waals surface area contributed by atoms with Crippen LogP contribution in [0.3, 0.4) is 0 Å². The number of carbonyl (C=O) groups excluding carboxylic acids is 1. The van der Waals surface area contributed by atoms with E-state index >= 15 is 0 Å². The molecule has 8 heteroatoms. The Morgan fingerprint density at radius 1 is 1.26 bits per heavy atom. The number of nitro groups is 1. The zero-order valence-corrected chi connectivity index (χ0v) is 14.9. The minimum atomic E-state index is -0.442. The Balaban J connectivity index is 1.64. The molecule has 2 aromatic rings. The number of hydrogen-bond acceptors (Lipinski definition) is 5. The van der Waals surface area contributed by atoms with Gasteiger partial charge < -0.3 is 15.0 Å². The van der Waals surface area contributed by atoms with Crippen LogP contribution in [0.4, 0.5) is 21.5 Å². The number of nitrogens with zero attached hydrogens (tertiary/aromatic N) is 2. The number of carbonyl (C=O) groups is 1. The van der Waals surface area contributed by atoms with Gasteiger partial charge in [-0.15, -0.1) is 0 Å². The molecule has 1 aliphatic rings. The number of ether oxygens (including phenoxy) is 1. The second-order valence-electron chi connectivity index (χ2n) is 6.34. The van der Waals surface area contributed by atoms with Crippen molar-refractivity contribution in [3.63, 3.8) is 0 Å². The summed E-state index contributed by atoms with van der Waals surface area (Å²) in [7, 11) is 1.41. The molecule has 2 aromatic carbocycles. The van der Waals surface area contributed by atoms with Crippen molar-refractivity contribution in [1.29, 1.82) is 0 Å². The fourth-order valence-corrected chi connectivity index (χ4v) is 3.27. The van der Waals surface area contributed by atoms with E-state index in [1.165, 1.54) is 31.4 Å². The number of amides is 1. The van der Waals surface area contributed by atoms with Gasteiger partial charge in [-0.3, -0.25) is 14.9 Å². The lowest BCUT2D eigenvalue weighted by molar-refractivity contribution is -0.384. The molecule has 0 atom stereocenters. The number of methoxy groups -OCH3 is 1. The molecule has 1 N–H and O–H groups in total. The van der Waals surface area contributed by atoms with Gasteiger partial charge in [0, 0.05) is 31.1 Å². The lowest BCUT2D eigenvalue weighted by atomic mass is 9.95. The van der Waals surface area contributed by atoms with Crippen LogP contribution in [0.25, 0.3) is 0 Å². The Morgan fingerprint density at radius 3 is 2.63 bits per heavy atom. The lowest BCUT2D eigenvalue weighted by Crippen LogP contribution is -2.38. The van der Waals surface area contributed by atoms with Crippen LogP contribution in [0.1, 0.15) is 12.8 Å². The highest BCUT2D eigenvalue weighted by atomic mass is 19.1. The third-order valence-corrected chi connectivity index (χ3v) is 4.71. The van der Waals surface area contributed by atoms with Gasteiger partial charge in [0.05, 0.1) is 17.7 Å². The van der Waals surface area contributed by atoms with Crippen LogP contribution in [0.5, 0.6) is 5.75 Å². The smallest absolute Gasteiger partial charge is 0.292 e. The van der Waals surface area contributed by atoms with Crippen molar-refractivity contribution in [3.8, 4) is 5.75 Å². The van der Waals surface area contributed by atoms with Gasteiger partial charge in [0.15, 0.2) is 0 Å². The number of nitrogens with one attached hydrogen (secondary N) is 1. The fraction of sp³-hybridized carbons (Fsp3) is 0.316. The molecule has 1 heterocycles. The topological polar surface area (TPSA) is 84.7 Å². The Bertz CT molecular complexity index is 851. The van der Waals surface area contributed by atoms with Crippen molar-refractivity contribution < 1.29 is 18.8 Å². The summed E-state index contributed by atoms with van der Waals surface area (Å²) in [5, 5.41) is 14.0. The van der Waals surface area contributed by atoms with E-state index in [2.05, 4.69) is 5.32 Å². The Kier molecular flexibility index (Phi) is 5.54. The molecule has 0 aliphatic carbocycles. The molecule has 0 unspecified atom stereocenters. The van der Waals surface area contributed by atoms with E-state index in [0.717, 1.165) is 0 Å². The van der Waals surface area contributed by atoms with E-state index in [1.807, 2.05) is 4.90 Å². The first-order chi connectivity index (χ1) is 13.0. The summed E-state index contributed by atoms with van der Waals surface area (Å²) in [4.78, 5) is 25.3. The molecule has 142 valence electrons. The number of rotatable bonds is 5. The highest BCUT2D eigenvalue weighted by molar-refractivity contribution is 5.94. The SMILES string of the molecule is COc1cc(F)ccc1NC(=O)C1CCN(c2ccccc2[N+](=O)[O-])CC1. The second kappa shape index (κ2) is 8.03. The van der Waals surface area contributed by atoms with Gasteiger partial charge in [-0.25, -0.2) is 4.39 Å². The Morgan fingerprint density at radius 2 is 1.96 bits per heavy atom. The number of hydrogen-bond donors (Lipinski definition) is 1. The predicted molar refractivity (Wildman–Crippen MR) is 99.6 cm³/mol. The van der Waals surface area contributed by atoms with Gasteiger partial charge in [-0.05, 0) is 31.0 Å².